The highest BCUT2D eigenvalue weighted by Crippen LogP contribution is 2.10. The number of hydrogen-bond acceptors (Lipinski definition) is 5. The van der Waals surface area contributed by atoms with Gasteiger partial charge in [0.1, 0.15) is 6.54 Å². The molecule has 5 nitrogen and oxygen atoms in total. The van der Waals surface area contributed by atoms with Crippen molar-refractivity contribution in [1.29, 1.82) is 0 Å². The molecule has 0 aliphatic rings. The highest BCUT2D eigenvalue weighted by atomic mass is 32.1. The Morgan fingerprint density at radius 2 is 2.28 bits per heavy atom. The number of aromatic nitrogens is 2. The minimum Gasteiger partial charge on any atom is -0.376 e. The van der Waals surface area contributed by atoms with Crippen molar-refractivity contribution in [2.45, 2.75) is 6.54 Å². The first-order valence-electron chi connectivity index (χ1n) is 5.39. The van der Waals surface area contributed by atoms with Gasteiger partial charge in [-0.25, -0.2) is 4.68 Å². The predicted octanol–water partition coefficient (Wildman–Crippen LogP) is 1.25. The van der Waals surface area contributed by atoms with Crippen LogP contribution in [0.15, 0.2) is 34.6 Å². The number of anilines is 1. The summed E-state index contributed by atoms with van der Waals surface area (Å²) >= 11 is 1.36. The quantitative estimate of drug-likeness (QED) is 0.779. The van der Waals surface area contributed by atoms with E-state index in [1.54, 1.807) is 17.2 Å². The Morgan fingerprint density at radius 1 is 1.50 bits per heavy atom. The van der Waals surface area contributed by atoms with Crippen LogP contribution in [0.4, 0.5) is 5.69 Å². The maximum Gasteiger partial charge on any atom is 0.269 e. The molecule has 2 rings (SSSR count). The van der Waals surface area contributed by atoms with E-state index >= 15 is 0 Å². The standard InChI is InChI=1S/C12H13N3O2S/c1-14(2)9-6-12(17)15(13-7-9)8-10(16)11-4-3-5-18-11/h3-7H,8H2,1-2H3. The van der Waals surface area contributed by atoms with E-state index in [1.807, 2.05) is 25.5 Å². The van der Waals surface area contributed by atoms with Crippen molar-refractivity contribution in [1.82, 2.24) is 9.78 Å². The number of carbonyl (C=O) groups excluding carboxylic acids is 1. The molecule has 0 aliphatic heterocycles. The van der Waals surface area contributed by atoms with Gasteiger partial charge in [-0.05, 0) is 11.4 Å². The maximum absolute atomic E-state index is 11.8. The Hall–Kier alpha value is -1.95. The highest BCUT2D eigenvalue weighted by molar-refractivity contribution is 7.12. The van der Waals surface area contributed by atoms with Crippen LogP contribution in [-0.2, 0) is 6.54 Å². The molecule has 0 aromatic carbocycles. The molecular formula is C12H13N3O2S. The lowest BCUT2D eigenvalue weighted by atomic mass is 10.3. The van der Waals surface area contributed by atoms with Gasteiger partial charge in [0.25, 0.3) is 5.56 Å². The van der Waals surface area contributed by atoms with Gasteiger partial charge in [0.15, 0.2) is 5.78 Å². The third-order valence-corrected chi connectivity index (χ3v) is 3.37. The number of ketones is 1. The topological polar surface area (TPSA) is 55.2 Å². The molecule has 94 valence electrons. The van der Waals surface area contributed by atoms with Crippen molar-refractivity contribution in [2.75, 3.05) is 19.0 Å². The predicted molar refractivity (Wildman–Crippen MR) is 71.5 cm³/mol. The van der Waals surface area contributed by atoms with E-state index in [-0.39, 0.29) is 17.9 Å². The van der Waals surface area contributed by atoms with Gasteiger partial charge in [-0.1, -0.05) is 6.07 Å². The number of rotatable bonds is 4. The van der Waals surface area contributed by atoms with Crippen LogP contribution < -0.4 is 10.5 Å². The molecule has 0 bridgehead atoms. The van der Waals surface area contributed by atoms with Crippen LogP contribution in [0.3, 0.4) is 0 Å². The first kappa shape index (κ1) is 12.5. The molecule has 0 spiro atoms. The van der Waals surface area contributed by atoms with Crippen LogP contribution in [0.2, 0.25) is 0 Å². The highest BCUT2D eigenvalue weighted by Gasteiger charge is 2.10. The summed E-state index contributed by atoms with van der Waals surface area (Å²) in [7, 11) is 3.66. The zero-order chi connectivity index (χ0) is 13.1. The smallest absolute Gasteiger partial charge is 0.269 e. The van der Waals surface area contributed by atoms with E-state index in [2.05, 4.69) is 5.10 Å². The van der Waals surface area contributed by atoms with Crippen molar-refractivity contribution in [3.05, 3.63) is 45.0 Å². The first-order valence-corrected chi connectivity index (χ1v) is 6.27. The minimum absolute atomic E-state index is 0.0208. The fraction of sp³-hybridized carbons (Fsp3) is 0.250. The van der Waals surface area contributed by atoms with Crippen molar-refractivity contribution in [3.8, 4) is 0 Å². The lowest BCUT2D eigenvalue weighted by Gasteiger charge is -2.11. The van der Waals surface area contributed by atoms with Crippen molar-refractivity contribution < 1.29 is 4.79 Å². The Labute approximate surface area is 108 Å². The second-order valence-corrected chi connectivity index (χ2v) is 4.95. The van der Waals surface area contributed by atoms with Gasteiger partial charge in [-0.2, -0.15) is 5.10 Å². The van der Waals surface area contributed by atoms with Gasteiger partial charge >= 0.3 is 0 Å². The second kappa shape index (κ2) is 5.14. The summed E-state index contributed by atoms with van der Waals surface area (Å²) in [4.78, 5) is 26.1. The molecule has 0 fully saturated rings. The normalized spacial score (nSPS) is 10.3. The van der Waals surface area contributed by atoms with E-state index in [4.69, 9.17) is 0 Å². The van der Waals surface area contributed by atoms with Crippen molar-refractivity contribution in [3.63, 3.8) is 0 Å². The summed E-state index contributed by atoms with van der Waals surface area (Å²) in [6, 6.07) is 5.02. The molecule has 2 heterocycles. The van der Waals surface area contributed by atoms with Gasteiger partial charge in [-0.15, -0.1) is 11.3 Å². The van der Waals surface area contributed by atoms with E-state index < -0.39 is 0 Å². The number of carbonyl (C=O) groups is 1. The number of hydrogen-bond donors (Lipinski definition) is 0. The minimum atomic E-state index is -0.272. The molecule has 6 heteroatoms. The van der Waals surface area contributed by atoms with Gasteiger partial charge in [0.05, 0.1) is 16.8 Å². The van der Waals surface area contributed by atoms with Crippen LogP contribution in [0.1, 0.15) is 9.67 Å². The van der Waals surface area contributed by atoms with Crippen molar-refractivity contribution in [2.24, 2.45) is 0 Å². The molecule has 0 saturated carbocycles. The van der Waals surface area contributed by atoms with E-state index in [0.29, 0.717) is 4.88 Å². The molecule has 0 radical (unpaired) electrons. The monoisotopic (exact) mass is 263 g/mol. The van der Waals surface area contributed by atoms with E-state index in [1.165, 1.54) is 22.1 Å². The fourth-order valence-electron chi connectivity index (χ4n) is 1.44. The summed E-state index contributed by atoms with van der Waals surface area (Å²) in [6.45, 7) is -0.0208. The molecule has 0 atom stereocenters. The van der Waals surface area contributed by atoms with Crippen molar-refractivity contribution >= 4 is 22.8 Å². The molecule has 0 amide bonds. The fourth-order valence-corrected chi connectivity index (χ4v) is 2.10. The summed E-state index contributed by atoms with van der Waals surface area (Å²) in [5.41, 5.74) is 0.450. The second-order valence-electron chi connectivity index (χ2n) is 4.00. The summed E-state index contributed by atoms with van der Waals surface area (Å²) in [6.07, 6.45) is 1.57. The Balaban J connectivity index is 2.20. The molecule has 18 heavy (non-hydrogen) atoms. The third-order valence-electron chi connectivity index (χ3n) is 2.46. The Bertz CT molecular complexity index is 602. The molecule has 0 N–H and O–H groups in total. The average molecular weight is 263 g/mol. The zero-order valence-corrected chi connectivity index (χ0v) is 11.0. The molecular weight excluding hydrogens is 250 g/mol. The van der Waals surface area contributed by atoms with Gasteiger partial charge in [-0.3, -0.25) is 9.59 Å². The Morgan fingerprint density at radius 3 is 2.83 bits per heavy atom. The van der Waals surface area contributed by atoms with Crippen LogP contribution in [0.5, 0.6) is 0 Å². The van der Waals surface area contributed by atoms with Gasteiger partial charge < -0.3 is 4.90 Å². The van der Waals surface area contributed by atoms with Crippen LogP contribution in [0.25, 0.3) is 0 Å². The molecule has 0 saturated heterocycles. The average Bonchev–Trinajstić information content (AvgIpc) is 2.85. The lowest BCUT2D eigenvalue weighted by molar-refractivity contribution is 0.0969. The zero-order valence-electron chi connectivity index (χ0n) is 10.2. The summed E-state index contributed by atoms with van der Waals surface area (Å²) < 4.78 is 1.18. The molecule has 2 aromatic rings. The summed E-state index contributed by atoms with van der Waals surface area (Å²) in [5, 5.41) is 5.83. The third kappa shape index (κ3) is 2.65. The molecule has 0 unspecified atom stereocenters. The summed E-state index contributed by atoms with van der Waals surface area (Å²) in [5.74, 6) is -0.0998. The molecule has 0 aliphatic carbocycles. The first-order chi connectivity index (χ1) is 8.58. The van der Waals surface area contributed by atoms with Crippen LogP contribution >= 0.6 is 11.3 Å². The van der Waals surface area contributed by atoms with Crippen LogP contribution in [-0.4, -0.2) is 29.7 Å². The van der Waals surface area contributed by atoms with Crippen LogP contribution in [0, 0.1) is 0 Å². The SMILES string of the molecule is CN(C)c1cnn(CC(=O)c2cccs2)c(=O)c1. The van der Waals surface area contributed by atoms with E-state index in [0.717, 1.165) is 5.69 Å². The largest absolute Gasteiger partial charge is 0.376 e. The number of thiophene rings is 1. The Kier molecular flexibility index (Phi) is 3.57. The lowest BCUT2D eigenvalue weighted by Crippen LogP contribution is -2.27. The van der Waals surface area contributed by atoms with Gasteiger partial charge in [0.2, 0.25) is 0 Å². The van der Waals surface area contributed by atoms with E-state index in [9.17, 15) is 9.59 Å². The molecule has 2 aromatic heterocycles. The van der Waals surface area contributed by atoms with Gasteiger partial charge in [0, 0.05) is 20.2 Å². The number of Topliss-reactive ketones (excluding diaryl/α,β-unsaturated/α-hetero) is 1. The maximum atomic E-state index is 11.8. The number of nitrogens with zero attached hydrogens (tertiary/aromatic N) is 3.